The fourth-order valence-corrected chi connectivity index (χ4v) is 3.01. The Kier molecular flexibility index (Phi) is 6.99. The summed E-state index contributed by atoms with van der Waals surface area (Å²) in [6, 6.07) is 6.79. The molecule has 0 radical (unpaired) electrons. The van der Waals surface area contributed by atoms with Gasteiger partial charge in [-0.05, 0) is 48.0 Å². The summed E-state index contributed by atoms with van der Waals surface area (Å²) in [5.41, 5.74) is -0.528. The van der Waals surface area contributed by atoms with E-state index in [0.29, 0.717) is 12.1 Å². The Hall–Kier alpha value is -4.22. The molecule has 12 heteroatoms. The van der Waals surface area contributed by atoms with Gasteiger partial charge in [0.2, 0.25) is 5.91 Å². The topological polar surface area (TPSA) is 101 Å². The summed E-state index contributed by atoms with van der Waals surface area (Å²) in [4.78, 5) is 27.8. The molecule has 3 N–H and O–H groups in total. The van der Waals surface area contributed by atoms with Gasteiger partial charge < -0.3 is 20.5 Å². The number of hydrogen-bond donors (Lipinski definition) is 3. The summed E-state index contributed by atoms with van der Waals surface area (Å²) in [5.74, 6) is -5.12. The highest BCUT2D eigenvalue weighted by Gasteiger charge is 2.33. The van der Waals surface area contributed by atoms with Crippen molar-refractivity contribution >= 4 is 17.5 Å². The molecule has 1 heterocycles. The molecule has 1 aromatic heterocycles. The van der Waals surface area contributed by atoms with Gasteiger partial charge in [-0.2, -0.15) is 0 Å². The van der Waals surface area contributed by atoms with E-state index in [2.05, 4.69) is 20.4 Å². The third-order valence-electron chi connectivity index (χ3n) is 4.42. The Morgan fingerprint density at radius 3 is 2.38 bits per heavy atom. The molecule has 7 nitrogen and oxygen atoms in total. The number of alkyl halides is 3. The lowest BCUT2D eigenvalue weighted by molar-refractivity contribution is -0.275. The smallest absolute Gasteiger partial charge is 0.506 e. The molecule has 34 heavy (non-hydrogen) atoms. The number of hydrogen-bond acceptors (Lipinski definition) is 5. The van der Waals surface area contributed by atoms with Crippen LogP contribution in [0, 0.1) is 11.6 Å². The first-order chi connectivity index (χ1) is 15.9. The largest absolute Gasteiger partial charge is 0.573 e. The fraction of sp³-hybridized carbons (Fsp3) is 0.136. The van der Waals surface area contributed by atoms with Crippen LogP contribution in [0.1, 0.15) is 34.6 Å². The summed E-state index contributed by atoms with van der Waals surface area (Å²) in [5, 5.41) is 14.8. The van der Waals surface area contributed by atoms with Crippen molar-refractivity contribution in [3.05, 3.63) is 83.2 Å². The maximum atomic E-state index is 14.5. The molecule has 2 aromatic carbocycles. The van der Waals surface area contributed by atoms with Crippen LogP contribution < -0.4 is 15.4 Å². The van der Waals surface area contributed by atoms with Crippen LogP contribution in [0.5, 0.6) is 11.5 Å². The Morgan fingerprint density at radius 2 is 1.79 bits per heavy atom. The van der Waals surface area contributed by atoms with E-state index in [1.165, 1.54) is 31.3 Å². The van der Waals surface area contributed by atoms with Crippen LogP contribution in [0.15, 0.2) is 54.7 Å². The van der Waals surface area contributed by atoms with E-state index in [1.807, 2.05) is 0 Å². The first-order valence-electron chi connectivity index (χ1n) is 9.51. The highest BCUT2D eigenvalue weighted by Crippen LogP contribution is 2.31. The predicted molar refractivity (Wildman–Crippen MR) is 109 cm³/mol. The number of amides is 2. The zero-order chi connectivity index (χ0) is 25.0. The van der Waals surface area contributed by atoms with Gasteiger partial charge >= 0.3 is 6.36 Å². The number of carbonyl (C=O) groups is 2. The average Bonchev–Trinajstić information content (AvgIpc) is 2.74. The standard InChI is InChI=1S/C22H16F5N3O4/c1-11(31)29-16-6-4-13(10-17(16)32)21(33)30-19(20-14(23)3-2-8-28-20)12-5-7-18(15(24)9-12)34-22(25,26)27/h2-10,19,32H,1H3,(H,29,31)(H,30,33)/t19-/m0/s1. The van der Waals surface area contributed by atoms with Gasteiger partial charge in [0.25, 0.3) is 5.91 Å². The van der Waals surface area contributed by atoms with Gasteiger partial charge in [0, 0.05) is 18.7 Å². The molecule has 3 rings (SSSR count). The van der Waals surface area contributed by atoms with Crippen LogP contribution in [0.4, 0.5) is 27.6 Å². The molecule has 3 aromatic rings. The number of pyridine rings is 1. The van der Waals surface area contributed by atoms with E-state index < -0.39 is 47.4 Å². The van der Waals surface area contributed by atoms with Crippen molar-refractivity contribution in [3.63, 3.8) is 0 Å². The number of anilines is 1. The number of phenols is 1. The van der Waals surface area contributed by atoms with Gasteiger partial charge in [-0.3, -0.25) is 14.6 Å². The lowest BCUT2D eigenvalue weighted by Crippen LogP contribution is -2.30. The average molecular weight is 481 g/mol. The number of phenolic OH excluding ortho intramolecular Hbond substituents is 1. The molecule has 2 amide bonds. The molecule has 1 atom stereocenters. The summed E-state index contributed by atoms with van der Waals surface area (Å²) in [6.07, 6.45) is -3.92. The molecule has 0 aliphatic heterocycles. The van der Waals surface area contributed by atoms with Crippen LogP contribution in [0.3, 0.4) is 0 Å². The minimum atomic E-state index is -5.13. The minimum absolute atomic E-state index is 0.0405. The molecule has 0 saturated heterocycles. The van der Waals surface area contributed by atoms with Crippen LogP contribution in [-0.4, -0.2) is 28.3 Å². The SMILES string of the molecule is CC(=O)Nc1ccc(C(=O)N[C@@H](c2ccc(OC(F)(F)F)c(F)c2)c2ncccc2F)cc1O. The number of carbonyl (C=O) groups excluding carboxylic acids is 2. The van der Waals surface area contributed by atoms with E-state index in [-0.39, 0.29) is 22.5 Å². The van der Waals surface area contributed by atoms with Gasteiger partial charge in [0.05, 0.1) is 11.7 Å². The van der Waals surface area contributed by atoms with Crippen molar-refractivity contribution in [2.45, 2.75) is 19.3 Å². The van der Waals surface area contributed by atoms with Crippen LogP contribution in [0.25, 0.3) is 0 Å². The first-order valence-corrected chi connectivity index (χ1v) is 9.51. The lowest BCUT2D eigenvalue weighted by atomic mass is 10.0. The zero-order valence-corrected chi connectivity index (χ0v) is 17.3. The maximum Gasteiger partial charge on any atom is 0.573 e. The van der Waals surface area contributed by atoms with Crippen molar-refractivity contribution in [3.8, 4) is 11.5 Å². The van der Waals surface area contributed by atoms with Gasteiger partial charge in [0.15, 0.2) is 11.6 Å². The maximum absolute atomic E-state index is 14.5. The molecule has 0 saturated carbocycles. The highest BCUT2D eigenvalue weighted by atomic mass is 19.4. The molecular weight excluding hydrogens is 465 g/mol. The van der Waals surface area contributed by atoms with Crippen molar-refractivity contribution in [1.82, 2.24) is 10.3 Å². The van der Waals surface area contributed by atoms with E-state index in [1.54, 1.807) is 0 Å². The molecule has 0 spiro atoms. The summed E-state index contributed by atoms with van der Waals surface area (Å²) in [6.45, 7) is 1.22. The van der Waals surface area contributed by atoms with Gasteiger partial charge in [0.1, 0.15) is 17.3 Å². The van der Waals surface area contributed by atoms with E-state index in [0.717, 1.165) is 18.2 Å². The number of rotatable bonds is 6. The zero-order valence-electron chi connectivity index (χ0n) is 17.3. The van der Waals surface area contributed by atoms with Crippen LogP contribution >= 0.6 is 0 Å². The van der Waals surface area contributed by atoms with Gasteiger partial charge in [-0.15, -0.1) is 13.2 Å². The van der Waals surface area contributed by atoms with Crippen molar-refractivity contribution in [1.29, 1.82) is 0 Å². The van der Waals surface area contributed by atoms with Gasteiger partial charge in [-0.25, -0.2) is 8.78 Å². The third-order valence-corrected chi connectivity index (χ3v) is 4.42. The summed E-state index contributed by atoms with van der Waals surface area (Å²) < 4.78 is 69.7. The second-order valence-corrected chi connectivity index (χ2v) is 6.93. The lowest BCUT2D eigenvalue weighted by Gasteiger charge is -2.20. The van der Waals surface area contributed by atoms with E-state index in [9.17, 15) is 36.6 Å². The van der Waals surface area contributed by atoms with Gasteiger partial charge in [-0.1, -0.05) is 6.07 Å². The highest BCUT2D eigenvalue weighted by molar-refractivity contribution is 5.97. The fourth-order valence-electron chi connectivity index (χ4n) is 3.01. The summed E-state index contributed by atoms with van der Waals surface area (Å²) in [7, 11) is 0. The number of ether oxygens (including phenoxy) is 1. The minimum Gasteiger partial charge on any atom is -0.506 e. The van der Waals surface area contributed by atoms with Crippen molar-refractivity contribution in [2.24, 2.45) is 0 Å². The van der Waals surface area contributed by atoms with E-state index >= 15 is 0 Å². The third kappa shape index (κ3) is 5.97. The number of nitrogens with zero attached hydrogens (tertiary/aromatic N) is 1. The number of aromatic nitrogens is 1. The molecule has 0 unspecified atom stereocenters. The van der Waals surface area contributed by atoms with E-state index in [4.69, 9.17) is 0 Å². The normalized spacial score (nSPS) is 12.1. The van der Waals surface area contributed by atoms with Crippen molar-refractivity contribution in [2.75, 3.05) is 5.32 Å². The molecule has 0 aliphatic carbocycles. The molecule has 0 aliphatic rings. The Bertz CT molecular complexity index is 1230. The van der Waals surface area contributed by atoms with Crippen molar-refractivity contribution < 1.29 is 41.4 Å². The predicted octanol–water partition coefficient (Wildman–Crippen LogP) is 4.44. The number of nitrogens with one attached hydrogen (secondary N) is 2. The Morgan fingerprint density at radius 1 is 1.06 bits per heavy atom. The Balaban J connectivity index is 1.96. The van der Waals surface area contributed by atoms with Crippen LogP contribution in [-0.2, 0) is 4.79 Å². The van der Waals surface area contributed by atoms with Crippen LogP contribution in [0.2, 0.25) is 0 Å². The molecule has 178 valence electrons. The monoisotopic (exact) mass is 481 g/mol. The molecule has 0 bridgehead atoms. The number of benzene rings is 2. The number of halogens is 5. The number of aromatic hydroxyl groups is 1. The second kappa shape index (κ2) is 9.73. The molecule has 0 fully saturated rings. The Labute approximate surface area is 189 Å². The molecular formula is C22H16F5N3O4. The quantitative estimate of drug-likeness (QED) is 0.357. The second-order valence-electron chi connectivity index (χ2n) is 6.93. The summed E-state index contributed by atoms with van der Waals surface area (Å²) >= 11 is 0. The first kappa shape index (κ1) is 24.4.